The highest BCUT2D eigenvalue weighted by Crippen LogP contribution is 2.20. The Kier molecular flexibility index (Phi) is 4.86. The summed E-state index contributed by atoms with van der Waals surface area (Å²) in [4.78, 5) is 20.4. The van der Waals surface area contributed by atoms with Gasteiger partial charge in [0.05, 0.1) is 10.6 Å². The van der Waals surface area contributed by atoms with Gasteiger partial charge in [-0.1, -0.05) is 18.5 Å². The molecule has 2 aromatic heterocycles. The molecule has 2 heterocycles. The molecule has 2 N–H and O–H groups in total. The number of hydrogen-bond donors (Lipinski definition) is 2. The maximum atomic E-state index is 12.2. The summed E-state index contributed by atoms with van der Waals surface area (Å²) in [5.74, 6) is 0.916. The summed E-state index contributed by atoms with van der Waals surface area (Å²) in [7, 11) is 0. The Balaban J connectivity index is 2.15. The zero-order valence-electron chi connectivity index (χ0n) is 11.1. The van der Waals surface area contributed by atoms with E-state index < -0.39 is 0 Å². The van der Waals surface area contributed by atoms with Crippen molar-refractivity contribution in [1.82, 2.24) is 14.3 Å². The molecule has 2 aromatic rings. The molecule has 0 aliphatic heterocycles. The molecule has 0 saturated heterocycles. The zero-order valence-corrected chi connectivity index (χ0v) is 12.7. The van der Waals surface area contributed by atoms with Crippen molar-refractivity contribution in [3.05, 3.63) is 28.7 Å². The van der Waals surface area contributed by atoms with E-state index in [4.69, 9.17) is 11.6 Å². The van der Waals surface area contributed by atoms with Crippen molar-refractivity contribution < 1.29 is 4.79 Å². The van der Waals surface area contributed by atoms with Crippen LogP contribution >= 0.6 is 23.1 Å². The highest BCUT2D eigenvalue weighted by molar-refractivity contribution is 7.09. The van der Waals surface area contributed by atoms with Gasteiger partial charge in [0.15, 0.2) is 0 Å². The summed E-state index contributed by atoms with van der Waals surface area (Å²) in [6, 6.07) is 1.63. The van der Waals surface area contributed by atoms with Crippen molar-refractivity contribution in [1.29, 1.82) is 0 Å². The summed E-state index contributed by atoms with van der Waals surface area (Å²) < 4.78 is 4.00. The van der Waals surface area contributed by atoms with E-state index >= 15 is 0 Å². The minimum Gasteiger partial charge on any atom is -0.370 e. The first-order valence-corrected chi connectivity index (χ1v) is 7.26. The molecule has 0 fully saturated rings. The molecule has 0 atom stereocenters. The van der Waals surface area contributed by atoms with E-state index in [9.17, 15) is 4.79 Å². The smallest absolute Gasteiger partial charge is 0.259 e. The predicted octanol–water partition coefficient (Wildman–Crippen LogP) is 2.97. The van der Waals surface area contributed by atoms with Gasteiger partial charge in [0.2, 0.25) is 5.13 Å². The summed E-state index contributed by atoms with van der Waals surface area (Å²) in [6.45, 7) is 4.60. The van der Waals surface area contributed by atoms with Crippen LogP contribution in [0.3, 0.4) is 0 Å². The average molecular weight is 312 g/mol. The fraction of sp³-hybridized carbons (Fsp3) is 0.333. The average Bonchev–Trinajstić information content (AvgIpc) is 2.83. The summed E-state index contributed by atoms with van der Waals surface area (Å²) >= 11 is 7.14. The van der Waals surface area contributed by atoms with Gasteiger partial charge < -0.3 is 5.32 Å². The Bertz CT molecular complexity index is 616. The summed E-state index contributed by atoms with van der Waals surface area (Å²) in [5.41, 5.74) is 0.355. The number of amides is 1. The van der Waals surface area contributed by atoms with Crippen LogP contribution in [0.4, 0.5) is 10.9 Å². The van der Waals surface area contributed by atoms with Crippen LogP contribution in [0, 0.1) is 6.92 Å². The molecule has 0 unspecified atom stereocenters. The lowest BCUT2D eigenvalue weighted by atomic mass is 10.2. The molecule has 0 saturated carbocycles. The Morgan fingerprint density at radius 2 is 2.30 bits per heavy atom. The molecule has 2 rings (SSSR count). The lowest BCUT2D eigenvalue weighted by Gasteiger charge is -2.07. The monoisotopic (exact) mass is 311 g/mol. The van der Waals surface area contributed by atoms with Crippen LogP contribution in [-0.2, 0) is 0 Å². The molecule has 0 aliphatic rings. The number of aryl methyl sites for hydroxylation is 1. The standard InChI is InChI=1S/C12H14ClN5OS/c1-3-4-14-10-5-8(9(13)6-15-10)11(19)17-12-16-7(2)18-20-12/h5-6H,3-4H2,1-2H3,(H,14,15)(H,16,17,18,19). The first kappa shape index (κ1) is 14.7. The molecular weight excluding hydrogens is 298 g/mol. The SMILES string of the molecule is CCCNc1cc(C(=O)Nc2nc(C)ns2)c(Cl)cn1. The van der Waals surface area contributed by atoms with E-state index in [0.717, 1.165) is 24.5 Å². The van der Waals surface area contributed by atoms with Crippen molar-refractivity contribution >= 4 is 40.0 Å². The zero-order chi connectivity index (χ0) is 14.5. The summed E-state index contributed by atoms with van der Waals surface area (Å²) in [6.07, 6.45) is 2.43. The van der Waals surface area contributed by atoms with Crippen molar-refractivity contribution in [2.45, 2.75) is 20.3 Å². The highest BCUT2D eigenvalue weighted by Gasteiger charge is 2.14. The number of pyridine rings is 1. The van der Waals surface area contributed by atoms with Crippen LogP contribution < -0.4 is 10.6 Å². The molecule has 0 spiro atoms. The Labute approximate surface area is 125 Å². The second kappa shape index (κ2) is 6.62. The van der Waals surface area contributed by atoms with Gasteiger partial charge in [-0.3, -0.25) is 10.1 Å². The summed E-state index contributed by atoms with van der Waals surface area (Å²) in [5, 5.41) is 6.52. The minimum atomic E-state index is -0.326. The molecule has 106 valence electrons. The number of nitrogens with zero attached hydrogens (tertiary/aromatic N) is 3. The Morgan fingerprint density at radius 1 is 1.50 bits per heavy atom. The van der Waals surface area contributed by atoms with Crippen molar-refractivity contribution in [2.75, 3.05) is 17.2 Å². The van der Waals surface area contributed by atoms with E-state index in [1.54, 1.807) is 13.0 Å². The number of nitrogens with one attached hydrogen (secondary N) is 2. The number of carbonyl (C=O) groups is 1. The largest absolute Gasteiger partial charge is 0.370 e. The lowest BCUT2D eigenvalue weighted by molar-refractivity contribution is 0.102. The van der Waals surface area contributed by atoms with E-state index in [1.165, 1.54) is 6.20 Å². The second-order valence-electron chi connectivity index (χ2n) is 4.08. The van der Waals surface area contributed by atoms with Crippen molar-refractivity contribution in [3.8, 4) is 0 Å². The maximum absolute atomic E-state index is 12.2. The fourth-order valence-corrected chi connectivity index (χ4v) is 2.23. The Hall–Kier alpha value is -1.73. The quantitative estimate of drug-likeness (QED) is 0.887. The van der Waals surface area contributed by atoms with Gasteiger partial charge in [0.1, 0.15) is 11.6 Å². The normalized spacial score (nSPS) is 10.3. The molecule has 20 heavy (non-hydrogen) atoms. The fourth-order valence-electron chi connectivity index (χ4n) is 1.47. The molecule has 0 aromatic carbocycles. The van der Waals surface area contributed by atoms with Crippen LogP contribution in [0.25, 0.3) is 0 Å². The van der Waals surface area contributed by atoms with Crippen LogP contribution in [-0.4, -0.2) is 26.8 Å². The molecule has 0 bridgehead atoms. The van der Waals surface area contributed by atoms with Gasteiger partial charge in [0, 0.05) is 24.3 Å². The van der Waals surface area contributed by atoms with Gasteiger partial charge in [-0.25, -0.2) is 9.97 Å². The number of hydrogen-bond acceptors (Lipinski definition) is 6. The van der Waals surface area contributed by atoms with Crippen LogP contribution in [0.1, 0.15) is 29.5 Å². The molecule has 8 heteroatoms. The topological polar surface area (TPSA) is 79.8 Å². The predicted molar refractivity (Wildman–Crippen MR) is 80.6 cm³/mol. The van der Waals surface area contributed by atoms with E-state index in [0.29, 0.717) is 27.4 Å². The third kappa shape index (κ3) is 3.64. The van der Waals surface area contributed by atoms with Crippen LogP contribution in [0.5, 0.6) is 0 Å². The van der Waals surface area contributed by atoms with E-state index in [-0.39, 0.29) is 5.91 Å². The first-order chi connectivity index (χ1) is 9.60. The molecule has 1 amide bonds. The molecule has 0 aliphatic carbocycles. The minimum absolute atomic E-state index is 0.297. The first-order valence-electron chi connectivity index (χ1n) is 6.11. The van der Waals surface area contributed by atoms with E-state index in [1.807, 2.05) is 6.92 Å². The van der Waals surface area contributed by atoms with E-state index in [2.05, 4.69) is 25.0 Å². The number of aromatic nitrogens is 3. The van der Waals surface area contributed by atoms with Gasteiger partial charge in [-0.2, -0.15) is 4.37 Å². The number of rotatable bonds is 5. The van der Waals surface area contributed by atoms with Crippen LogP contribution in [0.15, 0.2) is 12.3 Å². The molecular formula is C12H14ClN5OS. The third-order valence-electron chi connectivity index (χ3n) is 2.40. The molecule has 0 radical (unpaired) electrons. The van der Waals surface area contributed by atoms with Gasteiger partial charge >= 0.3 is 0 Å². The Morgan fingerprint density at radius 3 is 2.95 bits per heavy atom. The van der Waals surface area contributed by atoms with Crippen molar-refractivity contribution in [2.24, 2.45) is 0 Å². The van der Waals surface area contributed by atoms with Crippen LogP contribution in [0.2, 0.25) is 5.02 Å². The van der Waals surface area contributed by atoms with Gasteiger partial charge in [-0.15, -0.1) is 0 Å². The lowest BCUT2D eigenvalue weighted by Crippen LogP contribution is -2.13. The van der Waals surface area contributed by atoms with Gasteiger partial charge in [-0.05, 0) is 19.4 Å². The van der Waals surface area contributed by atoms with Gasteiger partial charge in [0.25, 0.3) is 5.91 Å². The maximum Gasteiger partial charge on any atom is 0.259 e. The molecule has 6 nitrogen and oxygen atoms in total. The number of halogens is 1. The van der Waals surface area contributed by atoms with Crippen molar-refractivity contribution in [3.63, 3.8) is 0 Å². The number of anilines is 2. The third-order valence-corrected chi connectivity index (χ3v) is 3.43. The second-order valence-corrected chi connectivity index (χ2v) is 5.24. The highest BCUT2D eigenvalue weighted by atomic mass is 35.5. The number of carbonyl (C=O) groups excluding carboxylic acids is 1.